The molecular weight excluding hydrogens is 597 g/mol. The summed E-state index contributed by atoms with van der Waals surface area (Å²) in [4.78, 5) is 30.6. The van der Waals surface area contributed by atoms with E-state index in [1.165, 1.54) is 4.52 Å². The van der Waals surface area contributed by atoms with Crippen molar-refractivity contribution in [3.05, 3.63) is 59.5 Å². The maximum absolute atomic E-state index is 14.1. The van der Waals surface area contributed by atoms with Crippen LogP contribution in [-0.2, 0) is 4.79 Å². The number of hydrogen-bond acceptors (Lipinski definition) is 5. The van der Waals surface area contributed by atoms with Crippen molar-refractivity contribution in [2.24, 2.45) is 17.8 Å². The van der Waals surface area contributed by atoms with Crippen molar-refractivity contribution >= 4 is 17.5 Å². The van der Waals surface area contributed by atoms with Gasteiger partial charge in [0, 0.05) is 24.8 Å². The average molecular weight is 634 g/mol. The number of aromatic nitrogens is 3. The van der Waals surface area contributed by atoms with Gasteiger partial charge in [0.05, 0.1) is 43.2 Å². The predicted molar refractivity (Wildman–Crippen MR) is 154 cm³/mol. The van der Waals surface area contributed by atoms with Gasteiger partial charge in [0.1, 0.15) is 5.75 Å². The third-order valence-electron chi connectivity index (χ3n) is 8.88. The normalized spacial score (nSPS) is 20.0. The molecule has 0 saturated heterocycles. The number of rotatable bonds is 12. The zero-order valence-electron chi connectivity index (χ0n) is 24.7. The van der Waals surface area contributed by atoms with E-state index in [4.69, 9.17) is 9.72 Å². The monoisotopic (exact) mass is 633 g/mol. The number of halogens is 5. The van der Waals surface area contributed by atoms with E-state index in [2.05, 4.69) is 15.7 Å². The van der Waals surface area contributed by atoms with E-state index in [1.807, 2.05) is 0 Å². The van der Waals surface area contributed by atoms with Crippen LogP contribution >= 0.6 is 0 Å². The highest BCUT2D eigenvalue weighted by atomic mass is 19.4. The minimum atomic E-state index is -4.42. The van der Waals surface area contributed by atoms with Crippen molar-refractivity contribution in [1.29, 1.82) is 0 Å². The summed E-state index contributed by atoms with van der Waals surface area (Å²) in [5, 5.41) is 10.2. The molecule has 13 heteroatoms. The largest absolute Gasteiger partial charge is 0.493 e. The summed E-state index contributed by atoms with van der Waals surface area (Å²) in [5.41, 5.74) is 1.87. The molecule has 0 spiro atoms. The standard InChI is InChI=1S/C32H36F5N5O3/c33-31(34)11-8-21(9-12-31)29(41-30(44)22-2-1-3-24(14-22)45-18-19-4-5-19)25-17-42-26(39-25)15-23(16-38-42)28(20-6-7-20)40-27(43)10-13-32(35,36)37/h1-3,14-17,19-21,28-29H,4-13,18H2,(H,40,43)(H,41,44)/t28?,29-/m0/s1. The van der Waals surface area contributed by atoms with Crippen LogP contribution in [-0.4, -0.2) is 45.1 Å². The van der Waals surface area contributed by atoms with Gasteiger partial charge in [-0.15, -0.1) is 0 Å². The summed E-state index contributed by atoms with van der Waals surface area (Å²) in [6.45, 7) is 0.596. The molecule has 2 amide bonds. The SMILES string of the molecule is O=C(CCC(F)(F)F)NC(c1cnn2cc([C@@H](NC(=O)c3cccc(OCC4CC4)c3)C3CCC(F)(F)CC3)nc2c1)C1CC1. The van der Waals surface area contributed by atoms with Crippen LogP contribution in [0.1, 0.15) is 97.9 Å². The molecule has 1 aromatic carbocycles. The molecule has 0 aliphatic heterocycles. The van der Waals surface area contributed by atoms with Crippen LogP contribution in [0.4, 0.5) is 22.0 Å². The number of nitrogens with one attached hydrogen (secondary N) is 2. The van der Waals surface area contributed by atoms with Crippen molar-refractivity contribution in [1.82, 2.24) is 25.2 Å². The highest BCUT2D eigenvalue weighted by molar-refractivity contribution is 5.94. The Bertz CT molecular complexity index is 1520. The van der Waals surface area contributed by atoms with Gasteiger partial charge in [-0.1, -0.05) is 6.07 Å². The summed E-state index contributed by atoms with van der Waals surface area (Å²) in [6, 6.07) is 7.41. The summed E-state index contributed by atoms with van der Waals surface area (Å²) < 4.78 is 73.5. The van der Waals surface area contributed by atoms with Gasteiger partial charge in [-0.2, -0.15) is 18.3 Å². The number of fused-ring (bicyclic) bond motifs is 1. The van der Waals surface area contributed by atoms with Gasteiger partial charge in [0.25, 0.3) is 5.91 Å². The topological polar surface area (TPSA) is 97.6 Å². The molecule has 3 aliphatic carbocycles. The number of nitrogens with zero attached hydrogens (tertiary/aromatic N) is 3. The molecular formula is C32H36F5N5O3. The number of carbonyl (C=O) groups excluding carboxylic acids is 2. The number of hydrogen-bond donors (Lipinski definition) is 2. The maximum Gasteiger partial charge on any atom is 0.389 e. The summed E-state index contributed by atoms with van der Waals surface area (Å²) in [6.07, 6.45) is 0.645. The molecule has 3 aliphatic rings. The molecule has 0 bridgehead atoms. The molecule has 3 fully saturated rings. The zero-order valence-corrected chi connectivity index (χ0v) is 24.7. The van der Waals surface area contributed by atoms with Crippen LogP contribution in [0.15, 0.2) is 42.7 Å². The lowest BCUT2D eigenvalue weighted by Crippen LogP contribution is -2.37. The van der Waals surface area contributed by atoms with E-state index in [0.29, 0.717) is 40.7 Å². The number of carbonyl (C=O) groups is 2. The number of imidazole rings is 1. The number of ether oxygens (including phenoxy) is 1. The van der Waals surface area contributed by atoms with Gasteiger partial charge >= 0.3 is 6.18 Å². The molecule has 2 N–H and O–H groups in total. The Balaban J connectivity index is 1.22. The lowest BCUT2D eigenvalue weighted by molar-refractivity contribution is -0.144. The summed E-state index contributed by atoms with van der Waals surface area (Å²) in [7, 11) is 0. The van der Waals surface area contributed by atoms with E-state index in [9.17, 15) is 31.5 Å². The van der Waals surface area contributed by atoms with Crippen molar-refractivity contribution in [3.63, 3.8) is 0 Å². The van der Waals surface area contributed by atoms with Crippen LogP contribution < -0.4 is 15.4 Å². The van der Waals surface area contributed by atoms with Crippen molar-refractivity contribution in [3.8, 4) is 5.75 Å². The van der Waals surface area contributed by atoms with E-state index < -0.39 is 42.9 Å². The quantitative estimate of drug-likeness (QED) is 0.216. The highest BCUT2D eigenvalue weighted by Crippen LogP contribution is 2.43. The molecule has 2 atom stereocenters. The molecule has 242 valence electrons. The van der Waals surface area contributed by atoms with Crippen molar-refractivity contribution in [2.45, 2.75) is 88.4 Å². The fraction of sp³-hybridized carbons (Fsp3) is 0.562. The fourth-order valence-corrected chi connectivity index (χ4v) is 5.91. The molecule has 0 radical (unpaired) electrons. The third kappa shape index (κ3) is 8.29. The predicted octanol–water partition coefficient (Wildman–Crippen LogP) is 6.72. The molecule has 45 heavy (non-hydrogen) atoms. The van der Waals surface area contributed by atoms with Crippen LogP contribution in [0.2, 0.25) is 0 Å². The number of amides is 2. The lowest BCUT2D eigenvalue weighted by atomic mass is 9.81. The minimum Gasteiger partial charge on any atom is -0.493 e. The number of benzene rings is 1. The van der Waals surface area contributed by atoms with E-state index >= 15 is 0 Å². The van der Waals surface area contributed by atoms with Gasteiger partial charge in [0.15, 0.2) is 5.65 Å². The first-order valence-corrected chi connectivity index (χ1v) is 15.6. The molecule has 2 heterocycles. The van der Waals surface area contributed by atoms with Gasteiger partial charge in [-0.3, -0.25) is 9.59 Å². The Labute approximate surface area is 257 Å². The van der Waals surface area contributed by atoms with E-state index in [-0.39, 0.29) is 43.4 Å². The second-order valence-corrected chi connectivity index (χ2v) is 12.7. The molecule has 2 aromatic heterocycles. The Hall–Kier alpha value is -3.77. The molecule has 6 rings (SSSR count). The van der Waals surface area contributed by atoms with Gasteiger partial charge in [-0.05, 0) is 86.1 Å². The third-order valence-corrected chi connectivity index (χ3v) is 8.88. The van der Waals surface area contributed by atoms with Crippen molar-refractivity contribution < 1.29 is 36.3 Å². The van der Waals surface area contributed by atoms with Gasteiger partial charge < -0.3 is 15.4 Å². The Morgan fingerprint density at radius 3 is 2.42 bits per heavy atom. The van der Waals surface area contributed by atoms with Crippen LogP contribution in [0, 0.1) is 17.8 Å². The smallest absolute Gasteiger partial charge is 0.389 e. The fourth-order valence-electron chi connectivity index (χ4n) is 5.91. The van der Waals surface area contributed by atoms with Gasteiger partial charge in [0.2, 0.25) is 11.8 Å². The van der Waals surface area contributed by atoms with Crippen LogP contribution in [0.3, 0.4) is 0 Å². The Morgan fingerprint density at radius 2 is 1.73 bits per heavy atom. The second kappa shape index (κ2) is 12.6. The van der Waals surface area contributed by atoms with Crippen LogP contribution in [0.5, 0.6) is 5.75 Å². The maximum atomic E-state index is 14.1. The minimum absolute atomic E-state index is 0.0819. The first kappa shape index (κ1) is 31.2. The van der Waals surface area contributed by atoms with E-state index in [0.717, 1.165) is 25.7 Å². The highest BCUT2D eigenvalue weighted by Gasteiger charge is 2.40. The average Bonchev–Trinajstić information content (AvgIpc) is 3.94. The van der Waals surface area contributed by atoms with Crippen LogP contribution in [0.25, 0.3) is 5.65 Å². The summed E-state index contributed by atoms with van der Waals surface area (Å²) in [5.74, 6) is -2.90. The number of alkyl halides is 5. The second-order valence-electron chi connectivity index (χ2n) is 12.7. The lowest BCUT2D eigenvalue weighted by Gasteiger charge is -2.33. The molecule has 8 nitrogen and oxygen atoms in total. The summed E-state index contributed by atoms with van der Waals surface area (Å²) >= 11 is 0. The van der Waals surface area contributed by atoms with Crippen molar-refractivity contribution in [2.75, 3.05) is 6.61 Å². The van der Waals surface area contributed by atoms with Gasteiger partial charge in [-0.25, -0.2) is 18.3 Å². The first-order valence-electron chi connectivity index (χ1n) is 15.6. The Morgan fingerprint density at radius 1 is 1.00 bits per heavy atom. The first-order chi connectivity index (χ1) is 21.4. The zero-order chi connectivity index (χ0) is 31.8. The molecule has 3 saturated carbocycles. The molecule has 1 unspecified atom stereocenters. The van der Waals surface area contributed by atoms with E-state index in [1.54, 1.807) is 42.7 Å². The molecule has 3 aromatic rings. The Kier molecular flexibility index (Phi) is 8.71.